The van der Waals surface area contributed by atoms with E-state index >= 15 is 0 Å². The van der Waals surface area contributed by atoms with Gasteiger partial charge < -0.3 is 5.32 Å². The highest BCUT2D eigenvalue weighted by atomic mass is 16.6. The Morgan fingerprint density at radius 2 is 1.70 bits per heavy atom. The number of nitrogens with zero attached hydrogens (tertiary/aromatic N) is 2. The van der Waals surface area contributed by atoms with Crippen molar-refractivity contribution in [2.75, 3.05) is 5.32 Å². The highest BCUT2D eigenvalue weighted by molar-refractivity contribution is 5.77. The minimum Gasteiger partial charge on any atom is -0.379 e. The normalized spacial score (nSPS) is 10.4. The summed E-state index contributed by atoms with van der Waals surface area (Å²) in [5.41, 5.74) is 5.07. The van der Waals surface area contributed by atoms with Gasteiger partial charge in [0.1, 0.15) is 11.4 Å². The molecule has 3 rings (SSSR count). The molecule has 0 aliphatic carbocycles. The van der Waals surface area contributed by atoms with Crippen molar-refractivity contribution in [1.82, 2.24) is 10.3 Å². The lowest BCUT2D eigenvalue weighted by atomic mass is 10.0. The van der Waals surface area contributed by atoms with E-state index < -0.39 is 0 Å². The van der Waals surface area contributed by atoms with Crippen LogP contribution in [0.4, 0.5) is 5.69 Å². The monoisotopic (exact) mass is 265 g/mol. The standard InChI is InChI=1S/C16H15N3O/c1-12-16(19-20-18-12)11-17-15-10-6-5-9-14(15)13-7-3-2-4-8-13/h2-10,17H,11H2,1H3. The molecule has 0 atom stereocenters. The Bertz CT molecular complexity index is 692. The number of anilines is 1. The molecule has 1 aromatic heterocycles. The van der Waals surface area contributed by atoms with Crippen LogP contribution >= 0.6 is 0 Å². The van der Waals surface area contributed by atoms with Gasteiger partial charge in [0.05, 0.1) is 6.54 Å². The van der Waals surface area contributed by atoms with Crippen LogP contribution in [-0.2, 0) is 6.54 Å². The van der Waals surface area contributed by atoms with Crippen molar-refractivity contribution >= 4 is 5.69 Å². The van der Waals surface area contributed by atoms with Gasteiger partial charge in [-0.25, -0.2) is 4.63 Å². The van der Waals surface area contributed by atoms with Gasteiger partial charge in [0, 0.05) is 11.3 Å². The molecule has 0 amide bonds. The van der Waals surface area contributed by atoms with Crippen molar-refractivity contribution in [3.8, 4) is 11.1 Å². The Balaban J connectivity index is 1.85. The van der Waals surface area contributed by atoms with E-state index in [2.05, 4.69) is 39.9 Å². The van der Waals surface area contributed by atoms with Crippen LogP contribution in [0.3, 0.4) is 0 Å². The van der Waals surface area contributed by atoms with Crippen LogP contribution in [0.15, 0.2) is 59.2 Å². The van der Waals surface area contributed by atoms with Gasteiger partial charge in [-0.1, -0.05) is 58.8 Å². The molecule has 1 N–H and O–H groups in total. The first kappa shape index (κ1) is 12.4. The van der Waals surface area contributed by atoms with Gasteiger partial charge in [-0.2, -0.15) is 0 Å². The fourth-order valence-electron chi connectivity index (χ4n) is 2.10. The fraction of sp³-hybridized carbons (Fsp3) is 0.125. The minimum absolute atomic E-state index is 0.596. The minimum atomic E-state index is 0.596. The molecular formula is C16H15N3O. The summed E-state index contributed by atoms with van der Waals surface area (Å²) in [5.74, 6) is 0. The van der Waals surface area contributed by atoms with E-state index in [1.54, 1.807) is 0 Å². The summed E-state index contributed by atoms with van der Waals surface area (Å²) >= 11 is 0. The Morgan fingerprint density at radius 3 is 2.45 bits per heavy atom. The Labute approximate surface area is 117 Å². The molecule has 0 bridgehead atoms. The van der Waals surface area contributed by atoms with Crippen LogP contribution in [0.25, 0.3) is 11.1 Å². The number of benzene rings is 2. The molecule has 20 heavy (non-hydrogen) atoms. The zero-order valence-electron chi connectivity index (χ0n) is 11.2. The second-order valence-corrected chi connectivity index (χ2v) is 4.56. The number of para-hydroxylation sites is 1. The first-order valence-electron chi connectivity index (χ1n) is 6.51. The smallest absolute Gasteiger partial charge is 0.127 e. The van der Waals surface area contributed by atoms with Crippen molar-refractivity contribution in [2.45, 2.75) is 13.5 Å². The molecule has 4 heteroatoms. The molecule has 4 nitrogen and oxygen atoms in total. The van der Waals surface area contributed by atoms with Crippen molar-refractivity contribution in [3.63, 3.8) is 0 Å². The van der Waals surface area contributed by atoms with E-state index in [1.165, 1.54) is 11.1 Å². The van der Waals surface area contributed by atoms with Gasteiger partial charge in [0.2, 0.25) is 0 Å². The maximum absolute atomic E-state index is 4.71. The lowest BCUT2D eigenvalue weighted by Crippen LogP contribution is -2.02. The second-order valence-electron chi connectivity index (χ2n) is 4.56. The molecule has 2 aromatic carbocycles. The van der Waals surface area contributed by atoms with E-state index in [9.17, 15) is 0 Å². The third-order valence-corrected chi connectivity index (χ3v) is 3.20. The van der Waals surface area contributed by atoms with Crippen molar-refractivity contribution in [3.05, 3.63) is 66.0 Å². The first-order chi connectivity index (χ1) is 9.84. The number of aromatic nitrogens is 2. The lowest BCUT2D eigenvalue weighted by molar-refractivity contribution is 0.301. The molecule has 0 spiro atoms. The van der Waals surface area contributed by atoms with E-state index in [0.717, 1.165) is 17.1 Å². The molecule has 0 aliphatic heterocycles. The third-order valence-electron chi connectivity index (χ3n) is 3.20. The first-order valence-corrected chi connectivity index (χ1v) is 6.51. The van der Waals surface area contributed by atoms with Gasteiger partial charge in [-0.3, -0.25) is 0 Å². The third kappa shape index (κ3) is 2.54. The quantitative estimate of drug-likeness (QED) is 0.782. The topological polar surface area (TPSA) is 51.0 Å². The molecule has 0 aliphatic rings. The molecular weight excluding hydrogens is 250 g/mol. The van der Waals surface area contributed by atoms with Crippen LogP contribution < -0.4 is 5.32 Å². The summed E-state index contributed by atoms with van der Waals surface area (Å²) < 4.78 is 4.71. The van der Waals surface area contributed by atoms with Crippen LogP contribution in [0.5, 0.6) is 0 Å². The second kappa shape index (κ2) is 5.57. The van der Waals surface area contributed by atoms with Crippen molar-refractivity contribution in [2.24, 2.45) is 0 Å². The molecule has 100 valence electrons. The average Bonchev–Trinajstić information content (AvgIpc) is 2.92. The Morgan fingerprint density at radius 1 is 0.950 bits per heavy atom. The summed E-state index contributed by atoms with van der Waals surface area (Å²) in [6, 6.07) is 18.5. The summed E-state index contributed by atoms with van der Waals surface area (Å²) in [6.07, 6.45) is 0. The fourth-order valence-corrected chi connectivity index (χ4v) is 2.10. The molecule has 1 heterocycles. The van der Waals surface area contributed by atoms with E-state index in [0.29, 0.717) is 6.54 Å². The van der Waals surface area contributed by atoms with Gasteiger partial charge in [0.25, 0.3) is 0 Å². The van der Waals surface area contributed by atoms with E-state index in [-0.39, 0.29) is 0 Å². The van der Waals surface area contributed by atoms with E-state index in [1.807, 2.05) is 37.3 Å². The van der Waals surface area contributed by atoms with Crippen molar-refractivity contribution in [1.29, 1.82) is 0 Å². The van der Waals surface area contributed by atoms with Crippen LogP contribution in [0.2, 0.25) is 0 Å². The predicted molar refractivity (Wildman–Crippen MR) is 78.2 cm³/mol. The predicted octanol–water partition coefficient (Wildman–Crippen LogP) is 3.66. The van der Waals surface area contributed by atoms with E-state index in [4.69, 9.17) is 4.63 Å². The lowest BCUT2D eigenvalue weighted by Gasteiger charge is -2.11. The number of rotatable bonds is 4. The van der Waals surface area contributed by atoms with Crippen LogP contribution in [0, 0.1) is 6.92 Å². The Kier molecular flexibility index (Phi) is 3.46. The van der Waals surface area contributed by atoms with Gasteiger partial charge in [-0.05, 0) is 18.6 Å². The summed E-state index contributed by atoms with van der Waals surface area (Å²) in [4.78, 5) is 0. The SMILES string of the molecule is Cc1nonc1CNc1ccccc1-c1ccccc1. The molecule has 0 fully saturated rings. The number of hydrogen-bond donors (Lipinski definition) is 1. The molecule has 3 aromatic rings. The highest BCUT2D eigenvalue weighted by Gasteiger charge is 2.07. The maximum Gasteiger partial charge on any atom is 0.127 e. The highest BCUT2D eigenvalue weighted by Crippen LogP contribution is 2.27. The summed E-state index contributed by atoms with van der Waals surface area (Å²) in [5, 5.41) is 11.1. The molecule has 0 radical (unpaired) electrons. The van der Waals surface area contributed by atoms with Crippen LogP contribution in [0.1, 0.15) is 11.4 Å². The number of hydrogen-bond acceptors (Lipinski definition) is 4. The average molecular weight is 265 g/mol. The van der Waals surface area contributed by atoms with Gasteiger partial charge in [0.15, 0.2) is 0 Å². The summed E-state index contributed by atoms with van der Waals surface area (Å²) in [6.45, 7) is 2.48. The Hall–Kier alpha value is -2.62. The molecule has 0 unspecified atom stereocenters. The van der Waals surface area contributed by atoms with Gasteiger partial charge in [-0.15, -0.1) is 0 Å². The zero-order chi connectivity index (χ0) is 13.8. The van der Waals surface area contributed by atoms with Gasteiger partial charge >= 0.3 is 0 Å². The zero-order valence-corrected chi connectivity index (χ0v) is 11.2. The molecule has 0 saturated heterocycles. The van der Waals surface area contributed by atoms with Crippen molar-refractivity contribution < 1.29 is 4.63 Å². The van der Waals surface area contributed by atoms with Crippen LogP contribution in [-0.4, -0.2) is 10.3 Å². The largest absolute Gasteiger partial charge is 0.379 e. The molecule has 0 saturated carbocycles. The number of nitrogens with one attached hydrogen (secondary N) is 1. The maximum atomic E-state index is 4.71. The number of aryl methyl sites for hydroxylation is 1. The summed E-state index contributed by atoms with van der Waals surface area (Å²) in [7, 11) is 0.